The molecule has 3 N–H and O–H groups in total. The maximum absolute atomic E-state index is 9.33. The van der Waals surface area contributed by atoms with Crippen LogP contribution in [0.3, 0.4) is 0 Å². The maximum atomic E-state index is 9.33. The molecule has 0 saturated heterocycles. The Balaban J connectivity index is 2.89. The molecule has 70 valence electrons. The van der Waals surface area contributed by atoms with Crippen molar-refractivity contribution in [3.05, 3.63) is 29.3 Å². The Labute approximate surface area is 82.8 Å². The molecule has 0 spiro atoms. The molecule has 0 aliphatic heterocycles. The van der Waals surface area contributed by atoms with E-state index in [0.717, 1.165) is 0 Å². The van der Waals surface area contributed by atoms with Crippen molar-refractivity contribution < 1.29 is 5.11 Å². The molecule has 3 heteroatoms. The average molecular weight is 186 g/mol. The highest BCUT2D eigenvalue weighted by Crippen LogP contribution is 2.16. The zero-order valence-corrected chi connectivity index (χ0v) is 7.62. The first-order valence-corrected chi connectivity index (χ1v) is 4.20. The monoisotopic (exact) mass is 186 g/mol. The van der Waals surface area contributed by atoms with Gasteiger partial charge in [0.25, 0.3) is 0 Å². The number of nitriles is 1. The SMILES string of the molecule is N#Cc1ccc(C#CCCN)cc1O. The molecule has 0 radical (unpaired) electrons. The highest BCUT2D eigenvalue weighted by atomic mass is 16.3. The van der Waals surface area contributed by atoms with E-state index in [0.29, 0.717) is 18.5 Å². The van der Waals surface area contributed by atoms with E-state index in [-0.39, 0.29) is 11.3 Å². The number of hydrogen-bond donors (Lipinski definition) is 2. The summed E-state index contributed by atoms with van der Waals surface area (Å²) < 4.78 is 0. The van der Waals surface area contributed by atoms with Gasteiger partial charge in [-0.05, 0) is 18.2 Å². The minimum atomic E-state index is -0.0351. The molecule has 0 aromatic heterocycles. The summed E-state index contributed by atoms with van der Waals surface area (Å²) in [5.74, 6) is 5.65. The lowest BCUT2D eigenvalue weighted by atomic mass is 10.1. The van der Waals surface area contributed by atoms with Crippen LogP contribution in [0, 0.1) is 23.2 Å². The lowest BCUT2D eigenvalue weighted by Crippen LogP contribution is -1.95. The highest BCUT2D eigenvalue weighted by molar-refractivity contribution is 5.48. The zero-order chi connectivity index (χ0) is 10.4. The van der Waals surface area contributed by atoms with Crippen molar-refractivity contribution >= 4 is 0 Å². The van der Waals surface area contributed by atoms with Gasteiger partial charge in [-0.15, -0.1) is 0 Å². The van der Waals surface area contributed by atoms with Gasteiger partial charge in [0.05, 0.1) is 5.56 Å². The van der Waals surface area contributed by atoms with Gasteiger partial charge in [0.2, 0.25) is 0 Å². The maximum Gasteiger partial charge on any atom is 0.134 e. The van der Waals surface area contributed by atoms with Gasteiger partial charge < -0.3 is 10.8 Å². The van der Waals surface area contributed by atoms with Crippen molar-refractivity contribution in [1.29, 1.82) is 5.26 Å². The summed E-state index contributed by atoms with van der Waals surface area (Å²) in [5, 5.41) is 17.9. The third kappa shape index (κ3) is 2.52. The van der Waals surface area contributed by atoms with Gasteiger partial charge in [0, 0.05) is 18.5 Å². The standard InChI is InChI=1S/C11H10N2O/c12-6-2-1-3-9-4-5-10(8-13)11(14)7-9/h4-5,7,14H,2,6,12H2. The van der Waals surface area contributed by atoms with Crippen molar-refractivity contribution in [2.45, 2.75) is 6.42 Å². The molecule has 0 aliphatic carbocycles. The minimum absolute atomic E-state index is 0.0351. The second-order valence-electron chi connectivity index (χ2n) is 2.68. The van der Waals surface area contributed by atoms with Crippen molar-refractivity contribution in [3.8, 4) is 23.7 Å². The lowest BCUT2D eigenvalue weighted by Gasteiger charge is -1.95. The molecule has 1 aromatic carbocycles. The normalized spacial score (nSPS) is 8.57. The van der Waals surface area contributed by atoms with Gasteiger partial charge in [-0.2, -0.15) is 5.26 Å². The first-order chi connectivity index (χ1) is 6.77. The fourth-order valence-electron chi connectivity index (χ4n) is 0.941. The quantitative estimate of drug-likeness (QED) is 0.642. The number of rotatable bonds is 1. The van der Waals surface area contributed by atoms with Crippen LogP contribution in [0.2, 0.25) is 0 Å². The molecule has 0 bridgehead atoms. The van der Waals surface area contributed by atoms with Crippen LogP contribution < -0.4 is 5.73 Å². The van der Waals surface area contributed by atoms with E-state index in [1.165, 1.54) is 6.07 Å². The van der Waals surface area contributed by atoms with Crippen molar-refractivity contribution in [2.75, 3.05) is 6.54 Å². The van der Waals surface area contributed by atoms with E-state index in [4.69, 9.17) is 11.0 Å². The predicted octanol–water partition coefficient (Wildman–Crippen LogP) is 0.964. The Morgan fingerprint density at radius 2 is 2.21 bits per heavy atom. The van der Waals surface area contributed by atoms with E-state index in [9.17, 15) is 5.11 Å². The van der Waals surface area contributed by atoms with Crippen LogP contribution in [-0.2, 0) is 0 Å². The van der Waals surface area contributed by atoms with Gasteiger partial charge in [-0.25, -0.2) is 0 Å². The predicted molar refractivity (Wildman–Crippen MR) is 53.4 cm³/mol. The van der Waals surface area contributed by atoms with E-state index in [1.807, 2.05) is 6.07 Å². The van der Waals surface area contributed by atoms with Crippen molar-refractivity contribution in [2.24, 2.45) is 5.73 Å². The number of hydrogen-bond acceptors (Lipinski definition) is 3. The van der Waals surface area contributed by atoms with E-state index in [2.05, 4.69) is 11.8 Å². The van der Waals surface area contributed by atoms with Gasteiger partial charge in [-0.3, -0.25) is 0 Å². The lowest BCUT2D eigenvalue weighted by molar-refractivity contribution is 0.473. The molecular weight excluding hydrogens is 176 g/mol. The molecule has 0 atom stereocenters. The Hall–Kier alpha value is -1.97. The molecule has 0 aliphatic rings. The van der Waals surface area contributed by atoms with Crippen molar-refractivity contribution in [3.63, 3.8) is 0 Å². The molecule has 0 amide bonds. The minimum Gasteiger partial charge on any atom is -0.507 e. The average Bonchev–Trinajstić information content (AvgIpc) is 2.18. The number of aromatic hydroxyl groups is 1. The fourth-order valence-corrected chi connectivity index (χ4v) is 0.941. The van der Waals surface area contributed by atoms with Gasteiger partial charge in [0.1, 0.15) is 11.8 Å². The summed E-state index contributed by atoms with van der Waals surface area (Å²) in [7, 11) is 0. The van der Waals surface area contributed by atoms with Crippen LogP contribution in [-0.4, -0.2) is 11.7 Å². The third-order valence-corrected chi connectivity index (χ3v) is 1.62. The molecule has 14 heavy (non-hydrogen) atoms. The van der Waals surface area contributed by atoms with Crippen LogP contribution in [0.5, 0.6) is 5.75 Å². The van der Waals surface area contributed by atoms with Crippen LogP contribution in [0.25, 0.3) is 0 Å². The highest BCUT2D eigenvalue weighted by Gasteiger charge is 1.98. The number of benzene rings is 1. The first-order valence-electron chi connectivity index (χ1n) is 4.20. The molecule has 0 saturated carbocycles. The largest absolute Gasteiger partial charge is 0.507 e. The Morgan fingerprint density at radius 3 is 2.79 bits per heavy atom. The van der Waals surface area contributed by atoms with Gasteiger partial charge in [0.15, 0.2) is 0 Å². The Kier molecular flexibility index (Phi) is 3.55. The Morgan fingerprint density at radius 1 is 1.43 bits per heavy atom. The number of phenols is 1. The molecule has 3 nitrogen and oxygen atoms in total. The topological polar surface area (TPSA) is 70.0 Å². The smallest absolute Gasteiger partial charge is 0.134 e. The van der Waals surface area contributed by atoms with Crippen LogP contribution in [0.15, 0.2) is 18.2 Å². The van der Waals surface area contributed by atoms with Gasteiger partial charge >= 0.3 is 0 Å². The summed E-state index contributed by atoms with van der Waals surface area (Å²) in [6.45, 7) is 0.523. The molecular formula is C11H10N2O. The zero-order valence-electron chi connectivity index (χ0n) is 7.62. The van der Waals surface area contributed by atoms with Crippen LogP contribution >= 0.6 is 0 Å². The number of nitrogens with two attached hydrogens (primary N) is 1. The summed E-state index contributed by atoms with van der Waals surface area (Å²) in [6, 6.07) is 6.59. The van der Waals surface area contributed by atoms with Crippen molar-refractivity contribution in [1.82, 2.24) is 0 Å². The summed E-state index contributed by atoms with van der Waals surface area (Å²) in [6.07, 6.45) is 0.626. The molecule has 0 fully saturated rings. The van der Waals surface area contributed by atoms with Gasteiger partial charge in [-0.1, -0.05) is 11.8 Å². The van der Waals surface area contributed by atoms with Crippen LogP contribution in [0.1, 0.15) is 17.5 Å². The first kappa shape index (κ1) is 10.1. The summed E-state index contributed by atoms with van der Waals surface area (Å²) >= 11 is 0. The second kappa shape index (κ2) is 4.91. The van der Waals surface area contributed by atoms with E-state index < -0.39 is 0 Å². The van der Waals surface area contributed by atoms with E-state index in [1.54, 1.807) is 12.1 Å². The summed E-state index contributed by atoms with van der Waals surface area (Å²) in [4.78, 5) is 0. The summed E-state index contributed by atoms with van der Waals surface area (Å²) in [5.41, 5.74) is 6.22. The van der Waals surface area contributed by atoms with Crippen LogP contribution in [0.4, 0.5) is 0 Å². The molecule has 1 aromatic rings. The molecule has 0 heterocycles. The Bertz CT molecular complexity index is 421. The number of nitrogens with zero attached hydrogens (tertiary/aromatic N) is 1. The van der Waals surface area contributed by atoms with E-state index >= 15 is 0 Å². The number of phenolic OH excluding ortho intramolecular Hbond substituents is 1. The third-order valence-electron chi connectivity index (χ3n) is 1.62. The molecule has 0 unspecified atom stereocenters. The second-order valence-corrected chi connectivity index (χ2v) is 2.68. The molecule has 1 rings (SSSR count). The fraction of sp³-hybridized carbons (Fsp3) is 0.182.